The Hall–Kier alpha value is -2.25. The van der Waals surface area contributed by atoms with E-state index < -0.39 is 12.3 Å². The van der Waals surface area contributed by atoms with Gasteiger partial charge in [-0.25, -0.2) is 4.79 Å². The number of piperidine rings is 1. The lowest BCUT2D eigenvalue weighted by Gasteiger charge is -2.32. The minimum absolute atomic E-state index is 0. The molecule has 1 N–H and O–H groups in total. The number of rotatable bonds is 4. The van der Waals surface area contributed by atoms with Crippen LogP contribution in [-0.2, 0) is 4.74 Å². The Kier molecular flexibility index (Phi) is 7.10. The molecule has 1 aliphatic rings. The van der Waals surface area contributed by atoms with E-state index >= 15 is 0 Å². The Morgan fingerprint density at radius 3 is 2.33 bits per heavy atom. The maximum absolute atomic E-state index is 12.4. The molecule has 2 aromatic rings. The fourth-order valence-electron chi connectivity index (χ4n) is 3.03. The Labute approximate surface area is 161 Å². The molecule has 2 atom stereocenters. The van der Waals surface area contributed by atoms with E-state index in [2.05, 4.69) is 10.1 Å². The second-order valence-corrected chi connectivity index (χ2v) is 6.03. The van der Waals surface area contributed by atoms with E-state index in [1.807, 2.05) is 30.3 Å². The van der Waals surface area contributed by atoms with Crippen molar-refractivity contribution in [2.45, 2.75) is 24.8 Å². The molecule has 27 heavy (non-hydrogen) atoms. The molecule has 1 heterocycles. The first-order chi connectivity index (χ1) is 12.4. The second kappa shape index (κ2) is 9.10. The van der Waals surface area contributed by atoms with Gasteiger partial charge < -0.3 is 14.8 Å². The first kappa shape index (κ1) is 21.1. The van der Waals surface area contributed by atoms with Crippen LogP contribution in [0.3, 0.4) is 0 Å². The number of alkyl halides is 3. The Bertz CT molecular complexity index is 738. The highest BCUT2D eigenvalue weighted by Gasteiger charge is 2.32. The fraction of sp³-hybridized carbons (Fsp3) is 0.316. The molecule has 1 aliphatic heterocycles. The molecule has 8 heteroatoms. The zero-order valence-electron chi connectivity index (χ0n) is 14.2. The van der Waals surface area contributed by atoms with Gasteiger partial charge in [-0.15, -0.1) is 25.6 Å². The fourth-order valence-corrected chi connectivity index (χ4v) is 3.03. The van der Waals surface area contributed by atoms with Crippen LogP contribution in [0.15, 0.2) is 54.6 Å². The summed E-state index contributed by atoms with van der Waals surface area (Å²) in [5.74, 6) is -0.872. The van der Waals surface area contributed by atoms with Gasteiger partial charge in [-0.2, -0.15) is 0 Å². The van der Waals surface area contributed by atoms with Crippen LogP contribution in [0.5, 0.6) is 5.75 Å². The molecule has 0 unspecified atom stereocenters. The third-order valence-corrected chi connectivity index (χ3v) is 4.24. The smallest absolute Gasteiger partial charge is 0.457 e. The summed E-state index contributed by atoms with van der Waals surface area (Å²) in [7, 11) is 0. The van der Waals surface area contributed by atoms with Gasteiger partial charge in [-0.1, -0.05) is 30.3 Å². The van der Waals surface area contributed by atoms with Crippen molar-refractivity contribution in [3.8, 4) is 5.75 Å². The van der Waals surface area contributed by atoms with Gasteiger partial charge in [0.2, 0.25) is 0 Å². The van der Waals surface area contributed by atoms with Crippen molar-refractivity contribution in [3.63, 3.8) is 0 Å². The molecule has 1 saturated heterocycles. The average Bonchev–Trinajstić information content (AvgIpc) is 2.62. The van der Waals surface area contributed by atoms with Crippen molar-refractivity contribution in [2.75, 3.05) is 13.1 Å². The van der Waals surface area contributed by atoms with E-state index in [0.29, 0.717) is 6.54 Å². The largest absolute Gasteiger partial charge is 0.573 e. The summed E-state index contributed by atoms with van der Waals surface area (Å²) < 4.78 is 46.0. The van der Waals surface area contributed by atoms with Crippen LogP contribution >= 0.6 is 12.4 Å². The number of esters is 1. The summed E-state index contributed by atoms with van der Waals surface area (Å²) in [5, 5.41) is 3.20. The van der Waals surface area contributed by atoms with Gasteiger partial charge in [-0.3, -0.25) is 0 Å². The van der Waals surface area contributed by atoms with Crippen molar-refractivity contribution in [3.05, 3.63) is 65.7 Å². The predicted octanol–water partition coefficient (Wildman–Crippen LogP) is 4.31. The van der Waals surface area contributed by atoms with Crippen molar-refractivity contribution in [2.24, 2.45) is 0 Å². The van der Waals surface area contributed by atoms with Crippen LogP contribution in [0, 0.1) is 0 Å². The summed E-state index contributed by atoms with van der Waals surface area (Å²) in [4.78, 5) is 12.4. The Morgan fingerprint density at radius 2 is 1.70 bits per heavy atom. The third kappa shape index (κ3) is 5.87. The highest BCUT2D eigenvalue weighted by molar-refractivity contribution is 5.89. The molecule has 146 valence electrons. The molecule has 0 spiro atoms. The van der Waals surface area contributed by atoms with E-state index in [4.69, 9.17) is 4.74 Å². The number of halogens is 4. The van der Waals surface area contributed by atoms with Crippen LogP contribution in [0.1, 0.15) is 28.3 Å². The normalized spacial score (nSPS) is 19.7. The Morgan fingerprint density at radius 1 is 1.04 bits per heavy atom. The molecule has 0 aromatic heterocycles. The van der Waals surface area contributed by atoms with Gasteiger partial charge in [0, 0.05) is 12.5 Å². The van der Waals surface area contributed by atoms with Crippen molar-refractivity contribution >= 4 is 18.4 Å². The zero-order valence-corrected chi connectivity index (χ0v) is 15.1. The van der Waals surface area contributed by atoms with Gasteiger partial charge in [-0.05, 0) is 42.8 Å². The zero-order chi connectivity index (χ0) is 18.6. The predicted molar refractivity (Wildman–Crippen MR) is 96.2 cm³/mol. The van der Waals surface area contributed by atoms with Crippen LogP contribution in [0.2, 0.25) is 0 Å². The number of hydrogen-bond donors (Lipinski definition) is 1. The van der Waals surface area contributed by atoms with Gasteiger partial charge in [0.05, 0.1) is 5.56 Å². The first-order valence-electron chi connectivity index (χ1n) is 8.25. The summed E-state index contributed by atoms with van der Waals surface area (Å²) in [6, 6.07) is 14.5. The lowest BCUT2D eigenvalue weighted by Crippen LogP contribution is -2.42. The van der Waals surface area contributed by atoms with Crippen LogP contribution < -0.4 is 10.1 Å². The van der Waals surface area contributed by atoms with E-state index in [9.17, 15) is 18.0 Å². The topological polar surface area (TPSA) is 47.6 Å². The minimum Gasteiger partial charge on any atom is -0.457 e. The summed E-state index contributed by atoms with van der Waals surface area (Å²) in [5.41, 5.74) is 1.28. The molecule has 0 amide bonds. The quantitative estimate of drug-likeness (QED) is 0.775. The standard InChI is InChI=1S/C19H18F3NO3.ClH/c20-19(21,22)26-15-8-6-14(7-9-15)18(24)25-17-12-23-11-10-16(17)13-4-2-1-3-5-13;/h1-9,16-17,23H,10-12H2;1H/t16-,17+;/m1./s1. The number of hydrogen-bond acceptors (Lipinski definition) is 4. The molecule has 0 bridgehead atoms. The second-order valence-electron chi connectivity index (χ2n) is 6.03. The van der Waals surface area contributed by atoms with Crippen LogP contribution in [-0.4, -0.2) is 31.5 Å². The highest BCUT2D eigenvalue weighted by atomic mass is 35.5. The van der Waals surface area contributed by atoms with Gasteiger partial charge in [0.25, 0.3) is 0 Å². The Balaban J connectivity index is 0.00000261. The maximum atomic E-state index is 12.4. The monoisotopic (exact) mass is 401 g/mol. The maximum Gasteiger partial charge on any atom is 0.573 e. The van der Waals surface area contributed by atoms with Crippen molar-refractivity contribution in [1.29, 1.82) is 0 Å². The molecule has 4 nitrogen and oxygen atoms in total. The van der Waals surface area contributed by atoms with Crippen molar-refractivity contribution in [1.82, 2.24) is 5.32 Å². The lowest BCUT2D eigenvalue weighted by atomic mass is 9.88. The molecular weight excluding hydrogens is 383 g/mol. The molecule has 2 aromatic carbocycles. The molecule has 0 aliphatic carbocycles. The van der Waals surface area contributed by atoms with E-state index in [0.717, 1.165) is 30.7 Å². The molecular formula is C19H19ClF3NO3. The highest BCUT2D eigenvalue weighted by Crippen LogP contribution is 2.28. The minimum atomic E-state index is -4.77. The number of ether oxygens (including phenoxy) is 2. The van der Waals surface area contributed by atoms with Crippen molar-refractivity contribution < 1.29 is 27.4 Å². The number of benzene rings is 2. The SMILES string of the molecule is Cl.O=C(O[C@H]1CNCC[C@@H]1c1ccccc1)c1ccc(OC(F)(F)F)cc1. The van der Waals surface area contributed by atoms with Crippen LogP contribution in [0.4, 0.5) is 13.2 Å². The first-order valence-corrected chi connectivity index (χ1v) is 8.25. The molecule has 3 rings (SSSR count). The van der Waals surface area contributed by atoms with E-state index in [-0.39, 0.29) is 35.7 Å². The van der Waals surface area contributed by atoms with E-state index in [1.165, 1.54) is 12.1 Å². The average molecular weight is 402 g/mol. The van der Waals surface area contributed by atoms with Crippen LogP contribution in [0.25, 0.3) is 0 Å². The van der Waals surface area contributed by atoms with Gasteiger partial charge in [0.15, 0.2) is 0 Å². The lowest BCUT2D eigenvalue weighted by molar-refractivity contribution is -0.274. The van der Waals surface area contributed by atoms with Gasteiger partial charge in [0.1, 0.15) is 11.9 Å². The molecule has 0 radical (unpaired) electrons. The summed E-state index contributed by atoms with van der Waals surface area (Å²) in [6.07, 6.45) is -4.27. The summed E-state index contributed by atoms with van der Waals surface area (Å²) in [6.45, 7) is 1.36. The number of carbonyl (C=O) groups is 1. The third-order valence-electron chi connectivity index (χ3n) is 4.24. The van der Waals surface area contributed by atoms with E-state index in [1.54, 1.807) is 0 Å². The number of nitrogens with one attached hydrogen (secondary N) is 1. The number of carbonyl (C=O) groups excluding carboxylic acids is 1. The molecule has 0 saturated carbocycles. The summed E-state index contributed by atoms with van der Waals surface area (Å²) >= 11 is 0. The molecule has 1 fully saturated rings. The van der Waals surface area contributed by atoms with Gasteiger partial charge >= 0.3 is 12.3 Å².